The van der Waals surface area contributed by atoms with Gasteiger partial charge in [0.1, 0.15) is 34.6 Å². The van der Waals surface area contributed by atoms with Crippen LogP contribution in [0.5, 0.6) is 0 Å². The number of hydrogen-bond donors (Lipinski definition) is 4. The largest absolute Gasteiger partial charge is 0.342 e. The van der Waals surface area contributed by atoms with Crippen LogP contribution in [0, 0.1) is 34.6 Å². The Morgan fingerprint density at radius 2 is 0.963 bits per heavy atom. The topological polar surface area (TPSA) is 179 Å². The Morgan fingerprint density at radius 3 is 1.61 bits per heavy atom. The molecule has 13 heteroatoms. The third kappa shape index (κ3) is 10.1. The molecule has 0 unspecified atom stereocenters. The summed E-state index contributed by atoms with van der Waals surface area (Å²) in [7, 11) is 0. The van der Waals surface area contributed by atoms with E-state index in [1.165, 1.54) is 5.56 Å². The summed E-state index contributed by atoms with van der Waals surface area (Å²) in [6.07, 6.45) is 3.61. The van der Waals surface area contributed by atoms with Crippen LogP contribution in [0.25, 0.3) is 44.7 Å². The van der Waals surface area contributed by atoms with Gasteiger partial charge in [0.05, 0.1) is 34.1 Å². The Kier molecular flexibility index (Phi) is 13.3. The van der Waals surface area contributed by atoms with E-state index in [0.717, 1.165) is 90.7 Å². The molecule has 8 rings (SSSR count). The van der Waals surface area contributed by atoms with E-state index in [0.29, 0.717) is 23.7 Å². The Morgan fingerprint density at radius 1 is 0.444 bits per heavy atom. The number of aromatic nitrogens is 13. The van der Waals surface area contributed by atoms with Gasteiger partial charge in [0.25, 0.3) is 0 Å². The number of hydrogen-bond acceptors (Lipinski definition) is 9. The number of benzene rings is 1. The zero-order valence-corrected chi connectivity index (χ0v) is 33.3. The Balaban J connectivity index is 0.000000160. The summed E-state index contributed by atoms with van der Waals surface area (Å²) in [6.45, 7) is 26.8. The summed E-state index contributed by atoms with van der Waals surface area (Å²) >= 11 is 0. The molecule has 54 heavy (non-hydrogen) atoms. The van der Waals surface area contributed by atoms with Crippen LogP contribution in [0.3, 0.4) is 0 Å². The summed E-state index contributed by atoms with van der Waals surface area (Å²) in [6, 6.07) is 8.36. The number of nitrogens with one attached hydrogen (secondary N) is 4. The Labute approximate surface area is 318 Å². The lowest BCUT2D eigenvalue weighted by Gasteiger charge is -1.95. The molecule has 1 aromatic carbocycles. The van der Waals surface area contributed by atoms with Gasteiger partial charge in [-0.1, -0.05) is 68.9 Å². The monoisotopic (exact) mass is 731 g/mol. The zero-order valence-electron chi connectivity index (χ0n) is 33.3. The summed E-state index contributed by atoms with van der Waals surface area (Å²) in [5.74, 6) is 6.42. The molecule has 0 saturated carbocycles. The number of fused-ring (bicyclic) bond motifs is 4. The second-order valence-corrected chi connectivity index (χ2v) is 14.7. The third-order valence-electron chi connectivity index (χ3n) is 8.48. The predicted molar refractivity (Wildman–Crippen MR) is 220 cm³/mol. The van der Waals surface area contributed by atoms with Crippen LogP contribution in [-0.4, -0.2) is 64.8 Å². The number of aromatic amines is 4. The predicted octanol–water partition coefficient (Wildman–Crippen LogP) is 9.90. The first-order valence-corrected chi connectivity index (χ1v) is 18.3. The van der Waals surface area contributed by atoms with Gasteiger partial charge in [-0.05, 0) is 63.9 Å². The summed E-state index contributed by atoms with van der Waals surface area (Å²) in [5.41, 5.74) is 11.6. The molecular formula is C41H57N13. The molecule has 0 aliphatic carbocycles. The fourth-order valence-corrected chi connectivity index (χ4v) is 5.19. The minimum Gasteiger partial charge on any atom is -0.342 e. The maximum absolute atomic E-state index is 4.50. The standard InChI is InChI=1S/C11H14N2.C10H14N4.C10H13N3.C9H12N4.CH4/c1-7(2)11-12-9-5-4-8(3)6-10(9)13-11;1-5(2)8-13-9-10(14-8)12-7(4)6(3)11-9;1-6(2)9-12-8-4-7(3)5-11-10(8)13-9;1-5(2)8-12-7-4-10-6(3)11-9(7)13-8;/h4-7H,1-3H3,(H,12,13);5H,1-4H3,(H,11,12,13,14);4-6H,1-3H3,(H,11,12,13);4-5H,1-3H3,(H,10,11,12,13);1H4. The average Bonchev–Trinajstić information content (AvgIpc) is 3.89. The summed E-state index contributed by atoms with van der Waals surface area (Å²) < 4.78 is 0. The molecule has 0 atom stereocenters. The van der Waals surface area contributed by atoms with Crippen molar-refractivity contribution in [2.24, 2.45) is 0 Å². The maximum Gasteiger partial charge on any atom is 0.197 e. The van der Waals surface area contributed by atoms with E-state index in [1.807, 2.05) is 33.9 Å². The van der Waals surface area contributed by atoms with Crippen LogP contribution in [0.2, 0.25) is 0 Å². The second kappa shape index (κ2) is 17.5. The second-order valence-electron chi connectivity index (χ2n) is 14.7. The van der Waals surface area contributed by atoms with Crippen LogP contribution in [-0.2, 0) is 0 Å². The third-order valence-corrected chi connectivity index (χ3v) is 8.48. The van der Waals surface area contributed by atoms with E-state index in [4.69, 9.17) is 0 Å². The number of H-pyrrole nitrogens is 4. The first-order chi connectivity index (χ1) is 25.1. The molecule has 0 bridgehead atoms. The molecular weight excluding hydrogens is 675 g/mol. The molecule has 0 radical (unpaired) electrons. The van der Waals surface area contributed by atoms with Crippen molar-refractivity contribution in [1.82, 2.24) is 64.8 Å². The van der Waals surface area contributed by atoms with E-state index in [1.54, 1.807) is 6.20 Å². The highest BCUT2D eigenvalue weighted by molar-refractivity contribution is 5.76. The first kappa shape index (κ1) is 41.2. The molecule has 8 aromatic rings. The van der Waals surface area contributed by atoms with E-state index < -0.39 is 0 Å². The van der Waals surface area contributed by atoms with Crippen molar-refractivity contribution in [1.29, 1.82) is 0 Å². The van der Waals surface area contributed by atoms with Crippen molar-refractivity contribution in [2.75, 3.05) is 0 Å². The number of imidazole rings is 4. The van der Waals surface area contributed by atoms with Gasteiger partial charge in [-0.25, -0.2) is 44.9 Å². The lowest BCUT2D eigenvalue weighted by molar-refractivity contribution is 0.797. The van der Waals surface area contributed by atoms with Crippen LogP contribution in [0.1, 0.15) is 138 Å². The highest BCUT2D eigenvalue weighted by Gasteiger charge is 2.11. The highest BCUT2D eigenvalue weighted by atomic mass is 15.1. The zero-order chi connectivity index (χ0) is 38.6. The van der Waals surface area contributed by atoms with E-state index in [-0.39, 0.29) is 7.43 Å². The van der Waals surface area contributed by atoms with E-state index in [2.05, 4.69) is 151 Å². The van der Waals surface area contributed by atoms with Gasteiger partial charge >= 0.3 is 0 Å². The molecule has 4 N–H and O–H groups in total. The lowest BCUT2D eigenvalue weighted by Crippen LogP contribution is -1.91. The molecule has 7 aromatic heterocycles. The van der Waals surface area contributed by atoms with Gasteiger partial charge in [-0.2, -0.15) is 0 Å². The molecule has 13 nitrogen and oxygen atoms in total. The molecule has 7 heterocycles. The summed E-state index contributed by atoms with van der Waals surface area (Å²) in [5, 5.41) is 0. The van der Waals surface area contributed by atoms with Gasteiger partial charge in [0.15, 0.2) is 22.6 Å². The van der Waals surface area contributed by atoms with Crippen molar-refractivity contribution in [3.05, 3.63) is 88.3 Å². The minimum atomic E-state index is 0. The summed E-state index contributed by atoms with van der Waals surface area (Å²) in [4.78, 5) is 51.9. The van der Waals surface area contributed by atoms with Gasteiger partial charge < -0.3 is 19.9 Å². The minimum absolute atomic E-state index is 0. The Hall–Kier alpha value is -5.59. The molecule has 0 spiro atoms. The fraction of sp³-hybridized carbons (Fsp3) is 0.439. The normalized spacial score (nSPS) is 11.2. The number of pyridine rings is 1. The highest BCUT2D eigenvalue weighted by Crippen LogP contribution is 2.19. The number of rotatable bonds is 4. The fourth-order valence-electron chi connectivity index (χ4n) is 5.19. The van der Waals surface area contributed by atoms with Crippen molar-refractivity contribution < 1.29 is 0 Å². The van der Waals surface area contributed by atoms with Gasteiger partial charge in [-0.15, -0.1) is 0 Å². The van der Waals surface area contributed by atoms with E-state index in [9.17, 15) is 0 Å². The number of aryl methyl sites for hydroxylation is 5. The molecule has 0 aliphatic rings. The number of nitrogens with zero attached hydrogens (tertiary/aromatic N) is 9. The molecule has 286 valence electrons. The van der Waals surface area contributed by atoms with Gasteiger partial charge in [0.2, 0.25) is 0 Å². The van der Waals surface area contributed by atoms with Gasteiger partial charge in [0, 0.05) is 29.9 Å². The molecule has 0 saturated heterocycles. The lowest BCUT2D eigenvalue weighted by atomic mass is 10.2. The van der Waals surface area contributed by atoms with Crippen molar-refractivity contribution in [2.45, 2.75) is 121 Å². The quantitative estimate of drug-likeness (QED) is 0.137. The SMILES string of the molecule is C.Cc1ccc2nc(C(C)C)[nH]c2c1.Cc1cnc2nc(C(C)C)[nH]c2c1.Cc1nc2nc(C(C)C)[nH]c2nc1C.Cc1ncc2[nH]c(C(C)C)nc2n1. The van der Waals surface area contributed by atoms with Crippen LogP contribution < -0.4 is 0 Å². The van der Waals surface area contributed by atoms with Gasteiger partial charge in [-0.3, -0.25) is 0 Å². The van der Waals surface area contributed by atoms with Crippen LogP contribution in [0.15, 0.2) is 36.7 Å². The molecule has 0 aliphatic heterocycles. The Bertz CT molecular complexity index is 2200. The van der Waals surface area contributed by atoms with Crippen molar-refractivity contribution >= 4 is 44.7 Å². The van der Waals surface area contributed by atoms with E-state index >= 15 is 0 Å². The average molecular weight is 732 g/mol. The van der Waals surface area contributed by atoms with Crippen molar-refractivity contribution in [3.8, 4) is 0 Å². The smallest absolute Gasteiger partial charge is 0.197 e. The van der Waals surface area contributed by atoms with Crippen molar-refractivity contribution in [3.63, 3.8) is 0 Å². The molecule has 0 fully saturated rings. The molecule has 0 amide bonds. The van der Waals surface area contributed by atoms with Crippen LogP contribution in [0.4, 0.5) is 0 Å². The van der Waals surface area contributed by atoms with Crippen LogP contribution >= 0.6 is 0 Å². The maximum atomic E-state index is 4.50. The first-order valence-electron chi connectivity index (χ1n) is 18.3.